The van der Waals surface area contributed by atoms with Crippen molar-refractivity contribution in [3.63, 3.8) is 0 Å². The lowest BCUT2D eigenvalue weighted by molar-refractivity contribution is 0.0991. The van der Waals surface area contributed by atoms with Crippen LogP contribution in [0, 0.1) is 13.8 Å². The lowest BCUT2D eigenvalue weighted by Gasteiger charge is -2.34. The Morgan fingerprint density at radius 1 is 1.38 bits per heavy atom. The smallest absolute Gasteiger partial charge is 0.267 e. The summed E-state index contributed by atoms with van der Waals surface area (Å²) in [6.45, 7) is 7.84. The SMILES string of the molecule is Cc1cc(C(N)=O)nc([C@@]2(C)CCCN2Cc2cnn(C)c2C)n1. The second-order valence-electron chi connectivity index (χ2n) is 6.76. The van der Waals surface area contributed by atoms with Crippen LogP contribution in [0.25, 0.3) is 0 Å². The number of aromatic nitrogens is 4. The van der Waals surface area contributed by atoms with Gasteiger partial charge in [0.25, 0.3) is 5.91 Å². The van der Waals surface area contributed by atoms with E-state index in [0.717, 1.165) is 37.3 Å². The molecule has 1 atom stereocenters. The Balaban J connectivity index is 1.96. The Morgan fingerprint density at radius 2 is 2.12 bits per heavy atom. The third kappa shape index (κ3) is 2.80. The molecule has 1 amide bonds. The van der Waals surface area contributed by atoms with Crippen LogP contribution in [0.1, 0.15) is 53.0 Å². The maximum absolute atomic E-state index is 11.6. The van der Waals surface area contributed by atoms with Gasteiger partial charge in [-0.3, -0.25) is 14.4 Å². The van der Waals surface area contributed by atoms with E-state index >= 15 is 0 Å². The largest absolute Gasteiger partial charge is 0.364 e. The first-order valence-corrected chi connectivity index (χ1v) is 8.20. The van der Waals surface area contributed by atoms with Crippen molar-refractivity contribution in [2.24, 2.45) is 12.8 Å². The first-order chi connectivity index (χ1) is 11.3. The van der Waals surface area contributed by atoms with Crippen molar-refractivity contribution in [2.45, 2.75) is 45.7 Å². The fourth-order valence-electron chi connectivity index (χ4n) is 3.37. The maximum atomic E-state index is 11.6. The number of hydrogen-bond donors (Lipinski definition) is 1. The van der Waals surface area contributed by atoms with Gasteiger partial charge in [-0.05, 0) is 46.2 Å². The number of amides is 1. The van der Waals surface area contributed by atoms with Gasteiger partial charge in [0.05, 0.1) is 11.7 Å². The number of carbonyl (C=O) groups excluding carboxylic acids is 1. The Bertz CT molecular complexity index is 783. The molecular formula is C17H24N6O. The quantitative estimate of drug-likeness (QED) is 0.917. The molecule has 128 valence electrons. The number of aryl methyl sites for hydroxylation is 2. The van der Waals surface area contributed by atoms with Crippen molar-refractivity contribution < 1.29 is 4.79 Å². The van der Waals surface area contributed by atoms with Crippen molar-refractivity contribution in [1.29, 1.82) is 0 Å². The van der Waals surface area contributed by atoms with Crippen LogP contribution in [0.5, 0.6) is 0 Å². The molecule has 0 unspecified atom stereocenters. The summed E-state index contributed by atoms with van der Waals surface area (Å²) in [7, 11) is 1.95. The van der Waals surface area contributed by atoms with Crippen LogP contribution in [0.15, 0.2) is 12.3 Å². The van der Waals surface area contributed by atoms with E-state index in [1.807, 2.05) is 24.9 Å². The molecule has 0 spiro atoms. The maximum Gasteiger partial charge on any atom is 0.267 e. The van der Waals surface area contributed by atoms with Crippen LogP contribution < -0.4 is 5.73 Å². The van der Waals surface area contributed by atoms with Crippen molar-refractivity contribution in [3.05, 3.63) is 40.7 Å². The van der Waals surface area contributed by atoms with E-state index in [9.17, 15) is 4.79 Å². The first-order valence-electron chi connectivity index (χ1n) is 8.20. The van der Waals surface area contributed by atoms with E-state index in [4.69, 9.17) is 5.73 Å². The topological polar surface area (TPSA) is 89.9 Å². The molecule has 7 heteroatoms. The van der Waals surface area contributed by atoms with Gasteiger partial charge in [0.1, 0.15) is 11.5 Å². The summed E-state index contributed by atoms with van der Waals surface area (Å²) in [5.41, 5.74) is 8.52. The molecule has 7 nitrogen and oxygen atoms in total. The molecule has 3 heterocycles. The Kier molecular flexibility index (Phi) is 4.13. The zero-order chi connectivity index (χ0) is 17.5. The lowest BCUT2D eigenvalue weighted by Crippen LogP contribution is -2.40. The van der Waals surface area contributed by atoms with Gasteiger partial charge in [-0.25, -0.2) is 9.97 Å². The molecule has 2 aromatic rings. The fourth-order valence-corrected chi connectivity index (χ4v) is 3.37. The molecule has 0 aliphatic carbocycles. The van der Waals surface area contributed by atoms with Crippen LogP contribution in [0.2, 0.25) is 0 Å². The highest BCUT2D eigenvalue weighted by atomic mass is 16.1. The van der Waals surface area contributed by atoms with Crippen LogP contribution >= 0.6 is 0 Å². The molecule has 2 aromatic heterocycles. The number of rotatable bonds is 4. The molecule has 1 fully saturated rings. The molecule has 0 bridgehead atoms. The average Bonchev–Trinajstić information content (AvgIpc) is 3.05. The lowest BCUT2D eigenvalue weighted by atomic mass is 9.96. The molecule has 1 aliphatic heterocycles. The molecule has 1 saturated heterocycles. The van der Waals surface area contributed by atoms with Gasteiger partial charge >= 0.3 is 0 Å². The number of nitrogens with zero attached hydrogens (tertiary/aromatic N) is 5. The van der Waals surface area contributed by atoms with Crippen molar-refractivity contribution >= 4 is 5.91 Å². The van der Waals surface area contributed by atoms with Gasteiger partial charge in [0.15, 0.2) is 0 Å². The van der Waals surface area contributed by atoms with Crippen molar-refractivity contribution in [3.8, 4) is 0 Å². The van der Waals surface area contributed by atoms with Crippen molar-refractivity contribution in [2.75, 3.05) is 6.54 Å². The minimum absolute atomic E-state index is 0.281. The second-order valence-corrected chi connectivity index (χ2v) is 6.76. The molecule has 24 heavy (non-hydrogen) atoms. The van der Waals surface area contributed by atoms with Gasteiger partial charge in [-0.1, -0.05) is 0 Å². The summed E-state index contributed by atoms with van der Waals surface area (Å²) in [5, 5.41) is 4.33. The molecule has 0 saturated carbocycles. The van der Waals surface area contributed by atoms with E-state index < -0.39 is 5.91 Å². The first kappa shape index (κ1) is 16.6. The third-order valence-electron chi connectivity index (χ3n) is 5.08. The van der Waals surface area contributed by atoms with E-state index in [1.165, 1.54) is 5.56 Å². The van der Waals surface area contributed by atoms with Crippen LogP contribution in [-0.2, 0) is 19.1 Å². The minimum Gasteiger partial charge on any atom is -0.364 e. The monoisotopic (exact) mass is 328 g/mol. The van der Waals surface area contributed by atoms with E-state index in [2.05, 4.69) is 33.8 Å². The molecule has 0 radical (unpaired) electrons. The average molecular weight is 328 g/mol. The number of nitrogens with two attached hydrogens (primary N) is 1. The van der Waals surface area contributed by atoms with Gasteiger partial charge in [0.2, 0.25) is 0 Å². The molecular weight excluding hydrogens is 304 g/mol. The highest BCUT2D eigenvalue weighted by Crippen LogP contribution is 2.38. The molecule has 1 aliphatic rings. The standard InChI is InChI=1S/C17H24N6O/c1-11-8-14(15(18)24)21-16(20-11)17(3)6-5-7-23(17)10-13-9-19-22(4)12(13)2/h8-9H,5-7,10H2,1-4H3,(H2,18,24)/t17-/m1/s1. The Hall–Kier alpha value is -2.28. The number of likely N-dealkylation sites (tertiary alicyclic amines) is 1. The predicted molar refractivity (Wildman–Crippen MR) is 90.2 cm³/mol. The normalized spacial score (nSPS) is 21.3. The number of carbonyl (C=O) groups is 1. The summed E-state index contributed by atoms with van der Waals surface area (Å²) < 4.78 is 1.89. The summed E-state index contributed by atoms with van der Waals surface area (Å²) in [6.07, 6.45) is 3.94. The van der Waals surface area contributed by atoms with E-state index in [1.54, 1.807) is 6.07 Å². The van der Waals surface area contributed by atoms with Gasteiger partial charge in [-0.15, -0.1) is 0 Å². The summed E-state index contributed by atoms with van der Waals surface area (Å²) in [4.78, 5) is 23.0. The molecule has 0 aromatic carbocycles. The van der Waals surface area contributed by atoms with Crippen LogP contribution in [0.3, 0.4) is 0 Å². The zero-order valence-electron chi connectivity index (χ0n) is 14.7. The molecule has 2 N–H and O–H groups in total. The number of hydrogen-bond acceptors (Lipinski definition) is 5. The highest BCUT2D eigenvalue weighted by Gasteiger charge is 2.41. The third-order valence-corrected chi connectivity index (χ3v) is 5.08. The van der Waals surface area contributed by atoms with Gasteiger partial charge in [-0.2, -0.15) is 5.10 Å². The highest BCUT2D eigenvalue weighted by molar-refractivity contribution is 5.90. The van der Waals surface area contributed by atoms with Crippen LogP contribution in [0.4, 0.5) is 0 Å². The zero-order valence-corrected chi connectivity index (χ0v) is 14.7. The Labute approximate surface area is 141 Å². The van der Waals surface area contributed by atoms with E-state index in [-0.39, 0.29) is 11.2 Å². The second kappa shape index (κ2) is 5.98. The fraction of sp³-hybridized carbons (Fsp3) is 0.529. The van der Waals surface area contributed by atoms with Crippen molar-refractivity contribution in [1.82, 2.24) is 24.6 Å². The summed E-state index contributed by atoms with van der Waals surface area (Å²) >= 11 is 0. The summed E-state index contributed by atoms with van der Waals surface area (Å²) in [5.74, 6) is 0.161. The summed E-state index contributed by atoms with van der Waals surface area (Å²) in [6, 6.07) is 1.64. The van der Waals surface area contributed by atoms with E-state index in [0.29, 0.717) is 5.82 Å². The van der Waals surface area contributed by atoms with Gasteiger partial charge < -0.3 is 5.73 Å². The Morgan fingerprint density at radius 3 is 2.75 bits per heavy atom. The van der Waals surface area contributed by atoms with Gasteiger partial charge in [0, 0.05) is 30.5 Å². The molecule has 3 rings (SSSR count). The minimum atomic E-state index is -0.516. The van der Waals surface area contributed by atoms with Crippen LogP contribution in [-0.4, -0.2) is 37.1 Å². The number of primary amides is 1. The predicted octanol–water partition coefficient (Wildman–Crippen LogP) is 1.44.